The molecule has 1 rings (SSSR count). The Morgan fingerprint density at radius 3 is 1.92 bits per heavy atom. The Bertz CT molecular complexity index is 465. The van der Waals surface area contributed by atoms with Crippen LogP contribution < -0.4 is 0 Å². The molecule has 0 amide bonds. The van der Waals surface area contributed by atoms with Crippen LogP contribution in [0.3, 0.4) is 0 Å². The van der Waals surface area contributed by atoms with Crippen LogP contribution in [0.15, 0.2) is 12.3 Å². The molecule has 5 heteroatoms. The third-order valence-corrected chi connectivity index (χ3v) is 4.83. The molecule has 0 aliphatic heterocycles. The van der Waals surface area contributed by atoms with Gasteiger partial charge >= 0.3 is 0 Å². The summed E-state index contributed by atoms with van der Waals surface area (Å²) in [5, 5.41) is 0. The van der Waals surface area contributed by atoms with Crippen LogP contribution in [0.5, 0.6) is 0 Å². The topological polar surface area (TPSA) is 32.9 Å². The second-order valence-corrected chi connectivity index (χ2v) is 8.82. The van der Waals surface area contributed by atoms with Gasteiger partial charge in [-0.25, -0.2) is 0 Å². The second kappa shape index (κ2) is 12.2. The number of unbranched alkanes of at least 4 members (excludes halogenated alkanes) is 10. The van der Waals surface area contributed by atoms with Gasteiger partial charge in [-0.1, -0.05) is 106 Å². The second-order valence-electron chi connectivity index (χ2n) is 6.53. The molecule has 0 aliphatic rings. The number of aryl methyl sites for hydroxylation is 1. The Labute approximate surface area is 161 Å². The zero-order valence-electron chi connectivity index (χ0n) is 14.7. The van der Waals surface area contributed by atoms with Gasteiger partial charge in [-0.2, -0.15) is 0 Å². The van der Waals surface area contributed by atoms with E-state index >= 15 is 0 Å². The number of carbonyl (C=O) groups is 1. The summed E-state index contributed by atoms with van der Waals surface area (Å²) in [7, 11) is 0. The normalized spacial score (nSPS) is 11.8. The molecule has 1 aromatic heterocycles. The number of aromatic nitrogens is 1. The number of rotatable bonds is 13. The van der Waals surface area contributed by atoms with Crippen molar-refractivity contribution in [1.82, 2.24) is 4.98 Å². The van der Waals surface area contributed by atoms with Crippen LogP contribution in [0.2, 0.25) is 0 Å². The predicted molar refractivity (Wildman–Crippen MR) is 106 cm³/mol. The summed E-state index contributed by atoms with van der Waals surface area (Å²) < 4.78 is -1.89. The maximum Gasteiger partial charge on any atom is 0.254 e. The number of H-pyrrole nitrogens is 1. The minimum atomic E-state index is -1.89. The molecule has 0 saturated carbocycles. The summed E-state index contributed by atoms with van der Waals surface area (Å²) in [5.74, 6) is -0.502. The monoisotopic (exact) mass is 393 g/mol. The quantitative estimate of drug-likeness (QED) is 0.211. The van der Waals surface area contributed by atoms with Crippen LogP contribution in [0.1, 0.15) is 93.6 Å². The number of hydrogen-bond donors (Lipinski definition) is 1. The van der Waals surface area contributed by atoms with Gasteiger partial charge in [0.05, 0.1) is 5.69 Å². The fourth-order valence-corrected chi connectivity index (χ4v) is 3.17. The Balaban J connectivity index is 2.04. The SMILES string of the molecule is CCCCCCCCCCCCCc1c[nH]c(C(=O)C(Cl)(Cl)Cl)c1. The maximum absolute atomic E-state index is 11.8. The van der Waals surface area contributed by atoms with Gasteiger partial charge in [-0.15, -0.1) is 0 Å². The lowest BCUT2D eigenvalue weighted by Gasteiger charge is -2.06. The smallest absolute Gasteiger partial charge is 0.254 e. The Morgan fingerprint density at radius 2 is 1.42 bits per heavy atom. The highest BCUT2D eigenvalue weighted by Crippen LogP contribution is 2.30. The largest absolute Gasteiger partial charge is 0.358 e. The maximum atomic E-state index is 11.8. The van der Waals surface area contributed by atoms with E-state index in [9.17, 15) is 4.79 Å². The molecule has 0 atom stereocenters. The van der Waals surface area contributed by atoms with E-state index in [4.69, 9.17) is 34.8 Å². The average Bonchev–Trinajstić information content (AvgIpc) is 2.99. The highest BCUT2D eigenvalue weighted by atomic mass is 35.6. The van der Waals surface area contributed by atoms with Crippen molar-refractivity contribution >= 4 is 40.6 Å². The van der Waals surface area contributed by atoms with E-state index in [0.29, 0.717) is 5.69 Å². The Morgan fingerprint density at radius 1 is 0.917 bits per heavy atom. The van der Waals surface area contributed by atoms with Crippen molar-refractivity contribution in [2.75, 3.05) is 0 Å². The summed E-state index contributed by atoms with van der Waals surface area (Å²) in [6, 6.07) is 1.79. The van der Waals surface area contributed by atoms with E-state index in [1.54, 1.807) is 6.07 Å². The van der Waals surface area contributed by atoms with Gasteiger partial charge in [0, 0.05) is 6.20 Å². The molecule has 0 unspecified atom stereocenters. The molecule has 0 spiro atoms. The summed E-state index contributed by atoms with van der Waals surface area (Å²) in [5.41, 5.74) is 1.47. The zero-order valence-corrected chi connectivity index (χ0v) is 16.9. The number of halogens is 3. The predicted octanol–water partition coefficient (Wildman–Crippen LogP) is 7.42. The van der Waals surface area contributed by atoms with Crippen LogP contribution in [0.25, 0.3) is 0 Å². The highest BCUT2D eigenvalue weighted by molar-refractivity contribution is 6.77. The molecule has 0 radical (unpaired) electrons. The molecular weight excluding hydrogens is 365 g/mol. The van der Waals surface area contributed by atoms with Gasteiger partial charge in [0.15, 0.2) is 0 Å². The molecule has 0 bridgehead atoms. The highest BCUT2D eigenvalue weighted by Gasteiger charge is 2.32. The molecule has 0 aromatic carbocycles. The molecule has 0 fully saturated rings. The molecule has 1 N–H and O–H groups in total. The third-order valence-electron chi connectivity index (χ3n) is 4.31. The fraction of sp³-hybridized carbons (Fsp3) is 0.737. The molecular formula is C19H30Cl3NO. The van der Waals surface area contributed by atoms with Crippen LogP contribution in [-0.2, 0) is 6.42 Å². The van der Waals surface area contributed by atoms with E-state index in [1.165, 1.54) is 64.2 Å². The van der Waals surface area contributed by atoms with E-state index in [-0.39, 0.29) is 0 Å². The summed E-state index contributed by atoms with van der Waals surface area (Å²) in [6.45, 7) is 2.26. The van der Waals surface area contributed by atoms with Crippen molar-refractivity contribution in [2.45, 2.75) is 87.8 Å². The number of carbonyl (C=O) groups excluding carboxylic acids is 1. The first-order valence-corrected chi connectivity index (χ1v) is 10.4. The van der Waals surface area contributed by atoms with E-state index in [0.717, 1.165) is 18.4 Å². The fourth-order valence-electron chi connectivity index (χ4n) is 2.86. The molecule has 24 heavy (non-hydrogen) atoms. The van der Waals surface area contributed by atoms with E-state index in [2.05, 4.69) is 11.9 Å². The van der Waals surface area contributed by atoms with Gasteiger partial charge < -0.3 is 4.98 Å². The Hall–Kier alpha value is -0.180. The van der Waals surface area contributed by atoms with Gasteiger partial charge in [-0.05, 0) is 24.5 Å². The summed E-state index contributed by atoms with van der Waals surface area (Å²) in [4.78, 5) is 14.7. The van der Waals surface area contributed by atoms with Crippen LogP contribution in [0.4, 0.5) is 0 Å². The number of alkyl halides is 3. The number of hydrogen-bond acceptors (Lipinski definition) is 1. The summed E-state index contributed by atoms with van der Waals surface area (Å²) in [6.07, 6.45) is 17.4. The van der Waals surface area contributed by atoms with Crippen molar-refractivity contribution in [3.63, 3.8) is 0 Å². The Kier molecular flexibility index (Phi) is 11.1. The van der Waals surface area contributed by atoms with Gasteiger partial charge in [0.25, 0.3) is 3.79 Å². The number of Topliss-reactive ketones (excluding diaryl/α,β-unsaturated/α-hetero) is 1. The molecule has 0 saturated heterocycles. The van der Waals surface area contributed by atoms with E-state index in [1.807, 2.05) is 6.20 Å². The molecule has 0 aliphatic carbocycles. The van der Waals surface area contributed by atoms with Crippen LogP contribution in [0, 0.1) is 0 Å². The lowest BCUT2D eigenvalue weighted by Crippen LogP contribution is -2.19. The number of ketones is 1. The van der Waals surface area contributed by atoms with Gasteiger partial charge in [0.2, 0.25) is 5.78 Å². The van der Waals surface area contributed by atoms with Crippen molar-refractivity contribution < 1.29 is 4.79 Å². The first-order valence-electron chi connectivity index (χ1n) is 9.24. The number of aromatic amines is 1. The van der Waals surface area contributed by atoms with Crippen LogP contribution >= 0.6 is 34.8 Å². The molecule has 138 valence electrons. The zero-order chi connectivity index (χ0) is 17.8. The van der Waals surface area contributed by atoms with Crippen LogP contribution in [-0.4, -0.2) is 14.6 Å². The lowest BCUT2D eigenvalue weighted by atomic mass is 10.0. The standard InChI is InChI=1S/C19H30Cl3NO/c1-2-3-4-5-6-7-8-9-10-11-12-13-16-14-17(23-15-16)18(24)19(20,21)22/h14-15,23H,2-13H2,1H3. The van der Waals surface area contributed by atoms with Gasteiger partial charge in [-0.3, -0.25) is 4.79 Å². The molecule has 1 aromatic rings. The summed E-state index contributed by atoms with van der Waals surface area (Å²) >= 11 is 16.8. The minimum Gasteiger partial charge on any atom is -0.358 e. The lowest BCUT2D eigenvalue weighted by molar-refractivity contribution is 0.0992. The van der Waals surface area contributed by atoms with Crippen molar-refractivity contribution in [2.24, 2.45) is 0 Å². The van der Waals surface area contributed by atoms with Crippen molar-refractivity contribution in [3.05, 3.63) is 23.5 Å². The first kappa shape index (κ1) is 21.9. The van der Waals surface area contributed by atoms with Crippen molar-refractivity contribution in [3.8, 4) is 0 Å². The number of nitrogens with one attached hydrogen (secondary N) is 1. The van der Waals surface area contributed by atoms with Crippen molar-refractivity contribution in [1.29, 1.82) is 0 Å². The minimum absolute atomic E-state index is 0.369. The molecule has 1 heterocycles. The average molecular weight is 395 g/mol. The van der Waals surface area contributed by atoms with Gasteiger partial charge in [0.1, 0.15) is 0 Å². The molecule has 2 nitrogen and oxygen atoms in total. The third kappa shape index (κ3) is 9.34. The first-order chi connectivity index (χ1) is 11.4. The van der Waals surface area contributed by atoms with E-state index < -0.39 is 9.58 Å².